The van der Waals surface area contributed by atoms with Gasteiger partial charge in [0.15, 0.2) is 0 Å². The van der Waals surface area contributed by atoms with Gasteiger partial charge in [0.1, 0.15) is 5.82 Å². The highest BCUT2D eigenvalue weighted by atomic mass is 19.1. The zero-order valence-corrected chi connectivity index (χ0v) is 12.3. The van der Waals surface area contributed by atoms with Gasteiger partial charge in [0.2, 0.25) is 5.91 Å². The molecule has 1 rings (SSSR count). The lowest BCUT2D eigenvalue weighted by Gasteiger charge is -2.22. The Labute approximate surface area is 123 Å². The SMILES string of the molecule is COCCN(CCC(=O)OC)C(=O)Cc1cccc(F)c1. The molecule has 0 N–H and O–H groups in total. The van der Waals surface area contributed by atoms with Crippen LogP contribution in [0.2, 0.25) is 0 Å². The zero-order valence-electron chi connectivity index (χ0n) is 12.3. The Morgan fingerprint density at radius 1 is 1.24 bits per heavy atom. The van der Waals surface area contributed by atoms with Crippen LogP contribution in [-0.2, 0) is 25.5 Å². The van der Waals surface area contributed by atoms with Gasteiger partial charge in [-0.2, -0.15) is 0 Å². The molecule has 0 heterocycles. The number of carbonyl (C=O) groups is 2. The lowest BCUT2D eigenvalue weighted by molar-refractivity contribution is -0.141. The number of carbonyl (C=O) groups excluding carboxylic acids is 2. The Morgan fingerprint density at radius 2 is 2.00 bits per heavy atom. The summed E-state index contributed by atoms with van der Waals surface area (Å²) in [5.74, 6) is -0.934. The number of ether oxygens (including phenoxy) is 2. The second-order valence-electron chi connectivity index (χ2n) is 4.51. The summed E-state index contributed by atoms with van der Waals surface area (Å²) in [5.41, 5.74) is 0.598. The fourth-order valence-corrected chi connectivity index (χ4v) is 1.82. The van der Waals surface area contributed by atoms with Gasteiger partial charge < -0.3 is 14.4 Å². The van der Waals surface area contributed by atoms with Crippen molar-refractivity contribution >= 4 is 11.9 Å². The summed E-state index contributed by atoms with van der Waals surface area (Å²) in [7, 11) is 2.84. The molecule has 5 nitrogen and oxygen atoms in total. The van der Waals surface area contributed by atoms with E-state index in [0.29, 0.717) is 18.7 Å². The van der Waals surface area contributed by atoms with Gasteiger partial charge in [-0.3, -0.25) is 9.59 Å². The van der Waals surface area contributed by atoms with Crippen molar-refractivity contribution < 1.29 is 23.5 Å². The molecule has 0 aliphatic heterocycles. The molecule has 116 valence electrons. The molecule has 0 fully saturated rings. The van der Waals surface area contributed by atoms with Crippen LogP contribution in [0.1, 0.15) is 12.0 Å². The third kappa shape index (κ3) is 6.35. The summed E-state index contributed by atoms with van der Waals surface area (Å²) in [6.07, 6.45) is 0.206. The molecule has 0 aliphatic carbocycles. The van der Waals surface area contributed by atoms with E-state index >= 15 is 0 Å². The molecule has 0 atom stereocenters. The Morgan fingerprint density at radius 3 is 2.62 bits per heavy atom. The van der Waals surface area contributed by atoms with Gasteiger partial charge in [-0.25, -0.2) is 4.39 Å². The third-order valence-electron chi connectivity index (χ3n) is 2.98. The highest BCUT2D eigenvalue weighted by Gasteiger charge is 2.15. The van der Waals surface area contributed by atoms with Crippen LogP contribution in [0.3, 0.4) is 0 Å². The fourth-order valence-electron chi connectivity index (χ4n) is 1.82. The molecule has 21 heavy (non-hydrogen) atoms. The van der Waals surface area contributed by atoms with Crippen molar-refractivity contribution in [1.29, 1.82) is 0 Å². The molecule has 0 aromatic heterocycles. The molecule has 0 radical (unpaired) electrons. The first-order valence-electron chi connectivity index (χ1n) is 6.64. The summed E-state index contributed by atoms with van der Waals surface area (Å²) in [6.45, 7) is 1.00. The van der Waals surface area contributed by atoms with E-state index in [-0.39, 0.29) is 37.1 Å². The van der Waals surface area contributed by atoms with Gasteiger partial charge in [0.25, 0.3) is 0 Å². The first kappa shape index (κ1) is 17.1. The molecule has 0 bridgehead atoms. The number of nitrogens with zero attached hydrogens (tertiary/aromatic N) is 1. The number of halogens is 1. The van der Waals surface area contributed by atoms with Crippen LogP contribution >= 0.6 is 0 Å². The average molecular weight is 297 g/mol. The normalized spacial score (nSPS) is 10.2. The predicted octanol–water partition coefficient (Wildman–Crippen LogP) is 1.41. The Kier molecular flexibility index (Phi) is 7.39. The van der Waals surface area contributed by atoms with Crippen molar-refractivity contribution in [3.8, 4) is 0 Å². The highest BCUT2D eigenvalue weighted by Crippen LogP contribution is 2.07. The van der Waals surface area contributed by atoms with Crippen molar-refractivity contribution in [3.63, 3.8) is 0 Å². The summed E-state index contributed by atoms with van der Waals surface area (Å²) >= 11 is 0. The second kappa shape index (κ2) is 9.07. The van der Waals surface area contributed by atoms with E-state index in [0.717, 1.165) is 0 Å². The third-order valence-corrected chi connectivity index (χ3v) is 2.98. The minimum absolute atomic E-state index is 0.0860. The van der Waals surface area contributed by atoms with E-state index in [1.54, 1.807) is 12.1 Å². The molecule has 1 amide bonds. The zero-order chi connectivity index (χ0) is 15.7. The summed E-state index contributed by atoms with van der Waals surface area (Å²) < 4.78 is 22.6. The Hall–Kier alpha value is -1.95. The van der Waals surface area contributed by atoms with Gasteiger partial charge in [-0.15, -0.1) is 0 Å². The van der Waals surface area contributed by atoms with Crippen LogP contribution in [0.4, 0.5) is 4.39 Å². The molecule has 0 unspecified atom stereocenters. The van der Waals surface area contributed by atoms with Crippen molar-refractivity contribution in [2.75, 3.05) is 33.9 Å². The van der Waals surface area contributed by atoms with E-state index in [2.05, 4.69) is 4.74 Å². The number of rotatable bonds is 8. The van der Waals surface area contributed by atoms with Crippen molar-refractivity contribution in [1.82, 2.24) is 4.90 Å². The number of methoxy groups -OCH3 is 2. The van der Waals surface area contributed by atoms with E-state index in [1.807, 2.05) is 0 Å². The Balaban J connectivity index is 2.63. The van der Waals surface area contributed by atoms with Gasteiger partial charge in [0.05, 0.1) is 26.6 Å². The first-order chi connectivity index (χ1) is 10.1. The maximum atomic E-state index is 13.1. The van der Waals surface area contributed by atoms with Crippen molar-refractivity contribution in [2.45, 2.75) is 12.8 Å². The quantitative estimate of drug-likeness (QED) is 0.681. The van der Waals surface area contributed by atoms with E-state index < -0.39 is 0 Å². The molecule has 1 aromatic rings. The first-order valence-corrected chi connectivity index (χ1v) is 6.64. The predicted molar refractivity (Wildman–Crippen MR) is 75.2 cm³/mol. The van der Waals surface area contributed by atoms with Crippen molar-refractivity contribution in [3.05, 3.63) is 35.6 Å². The summed E-state index contributed by atoms with van der Waals surface area (Å²) in [6, 6.07) is 5.91. The monoisotopic (exact) mass is 297 g/mol. The molecule has 0 spiro atoms. The second-order valence-corrected chi connectivity index (χ2v) is 4.51. The molecular formula is C15H20FNO4. The molecule has 0 aliphatic rings. The molecule has 0 saturated heterocycles. The van der Waals surface area contributed by atoms with Gasteiger partial charge in [-0.1, -0.05) is 12.1 Å². The maximum Gasteiger partial charge on any atom is 0.307 e. The van der Waals surface area contributed by atoms with Crippen LogP contribution in [0.5, 0.6) is 0 Å². The number of benzene rings is 1. The standard InChI is InChI=1S/C15H20FNO4/c1-20-9-8-17(7-6-15(19)21-2)14(18)11-12-4-3-5-13(16)10-12/h3-5,10H,6-9,11H2,1-2H3. The van der Waals surface area contributed by atoms with E-state index in [4.69, 9.17) is 4.74 Å². The van der Waals surface area contributed by atoms with Crippen LogP contribution in [0, 0.1) is 5.82 Å². The van der Waals surface area contributed by atoms with Crippen LogP contribution in [0.15, 0.2) is 24.3 Å². The van der Waals surface area contributed by atoms with Crippen LogP contribution < -0.4 is 0 Å². The average Bonchev–Trinajstić information content (AvgIpc) is 2.46. The lowest BCUT2D eigenvalue weighted by atomic mass is 10.1. The Bertz CT molecular complexity index is 478. The molecular weight excluding hydrogens is 277 g/mol. The van der Waals surface area contributed by atoms with Gasteiger partial charge in [0, 0.05) is 20.2 Å². The van der Waals surface area contributed by atoms with Gasteiger partial charge >= 0.3 is 5.97 Å². The van der Waals surface area contributed by atoms with Crippen LogP contribution in [-0.4, -0.2) is 50.7 Å². The number of hydrogen-bond donors (Lipinski definition) is 0. The van der Waals surface area contributed by atoms with E-state index in [9.17, 15) is 14.0 Å². The largest absolute Gasteiger partial charge is 0.469 e. The van der Waals surface area contributed by atoms with E-state index in [1.165, 1.54) is 31.3 Å². The summed E-state index contributed by atoms with van der Waals surface area (Å²) in [4.78, 5) is 24.9. The lowest BCUT2D eigenvalue weighted by Crippen LogP contribution is -2.36. The minimum Gasteiger partial charge on any atom is -0.469 e. The minimum atomic E-state index is -0.379. The smallest absolute Gasteiger partial charge is 0.307 e. The molecule has 1 aromatic carbocycles. The van der Waals surface area contributed by atoms with Gasteiger partial charge in [-0.05, 0) is 17.7 Å². The van der Waals surface area contributed by atoms with Crippen molar-refractivity contribution in [2.24, 2.45) is 0 Å². The molecule has 0 saturated carbocycles. The van der Waals surface area contributed by atoms with Crippen LogP contribution in [0.25, 0.3) is 0 Å². The number of esters is 1. The fraction of sp³-hybridized carbons (Fsp3) is 0.467. The molecule has 6 heteroatoms. The number of amides is 1. The number of hydrogen-bond acceptors (Lipinski definition) is 4. The highest BCUT2D eigenvalue weighted by molar-refractivity contribution is 5.79. The summed E-state index contributed by atoms with van der Waals surface area (Å²) in [5, 5.41) is 0. The maximum absolute atomic E-state index is 13.1. The topological polar surface area (TPSA) is 55.8 Å².